The summed E-state index contributed by atoms with van der Waals surface area (Å²) in [5, 5.41) is 0.990. The molecule has 2 aromatic heterocycles. The first-order valence-corrected chi connectivity index (χ1v) is 12.4. The van der Waals surface area contributed by atoms with Crippen LogP contribution in [0.4, 0.5) is 4.39 Å². The van der Waals surface area contributed by atoms with Crippen molar-refractivity contribution in [2.45, 2.75) is 58.9 Å². The number of pyridine rings is 1. The van der Waals surface area contributed by atoms with Gasteiger partial charge in [0.1, 0.15) is 11.5 Å². The maximum Gasteiger partial charge on any atom is 0.310 e. The minimum Gasteiger partial charge on any atom is -0.466 e. The van der Waals surface area contributed by atoms with E-state index in [-0.39, 0.29) is 41.7 Å². The Morgan fingerprint density at radius 3 is 2.66 bits per heavy atom. The van der Waals surface area contributed by atoms with Gasteiger partial charge in [-0.25, -0.2) is 9.37 Å². The number of nitrogens with zero attached hydrogens (tertiary/aromatic N) is 2. The Balaban J connectivity index is 1.59. The van der Waals surface area contributed by atoms with Gasteiger partial charge in [-0.3, -0.25) is 9.59 Å². The van der Waals surface area contributed by atoms with Crippen LogP contribution < -0.4 is 0 Å². The number of Topliss-reactive ketones (excluding diaryl/α,β-unsaturated/α-hetero) is 1. The molecule has 0 aliphatic carbocycles. The monoisotopic (exact) mass is 476 g/mol. The lowest BCUT2D eigenvalue weighted by atomic mass is 9.76. The first-order chi connectivity index (χ1) is 16.8. The van der Waals surface area contributed by atoms with Crippen LogP contribution >= 0.6 is 0 Å². The van der Waals surface area contributed by atoms with Gasteiger partial charge in [-0.2, -0.15) is 0 Å². The highest BCUT2D eigenvalue weighted by molar-refractivity contribution is 6.00. The molecule has 1 unspecified atom stereocenters. The van der Waals surface area contributed by atoms with Gasteiger partial charge >= 0.3 is 5.97 Å². The topological polar surface area (TPSA) is 61.2 Å². The van der Waals surface area contributed by atoms with Crippen LogP contribution in [-0.4, -0.2) is 27.9 Å². The van der Waals surface area contributed by atoms with Crippen molar-refractivity contribution in [3.8, 4) is 0 Å². The molecule has 0 saturated carbocycles. The number of halogens is 1. The zero-order valence-corrected chi connectivity index (χ0v) is 20.7. The fourth-order valence-corrected chi connectivity index (χ4v) is 5.53. The van der Waals surface area contributed by atoms with Crippen molar-refractivity contribution in [1.29, 1.82) is 0 Å². The van der Waals surface area contributed by atoms with Crippen LogP contribution in [0.1, 0.15) is 56.4 Å². The van der Waals surface area contributed by atoms with Crippen LogP contribution in [0.25, 0.3) is 11.0 Å². The Morgan fingerprint density at radius 2 is 1.97 bits per heavy atom. The number of carbonyl (C=O) groups excluding carboxylic acids is 2. The molecule has 3 atom stereocenters. The van der Waals surface area contributed by atoms with Crippen LogP contribution in [0.3, 0.4) is 0 Å². The summed E-state index contributed by atoms with van der Waals surface area (Å²) in [6, 6.07) is 10.0. The highest BCUT2D eigenvalue weighted by Gasteiger charge is 2.34. The molecule has 0 saturated heterocycles. The number of fused-ring (bicyclic) bond motifs is 3. The van der Waals surface area contributed by atoms with Gasteiger partial charge in [0.25, 0.3) is 0 Å². The number of ketones is 1. The second-order valence-corrected chi connectivity index (χ2v) is 9.37. The molecule has 0 amide bonds. The van der Waals surface area contributed by atoms with Crippen LogP contribution in [0, 0.1) is 17.7 Å². The molecule has 1 aliphatic heterocycles. The normalized spacial score (nSPS) is 17.0. The molecule has 1 aliphatic rings. The second-order valence-electron chi connectivity index (χ2n) is 9.37. The number of allylic oxidation sites excluding steroid dienone is 1. The van der Waals surface area contributed by atoms with E-state index in [9.17, 15) is 14.0 Å². The van der Waals surface area contributed by atoms with Crippen molar-refractivity contribution in [2.24, 2.45) is 11.8 Å². The Hall–Kier alpha value is -3.28. The average molecular weight is 477 g/mol. The van der Waals surface area contributed by atoms with E-state index in [1.54, 1.807) is 18.3 Å². The quantitative estimate of drug-likeness (QED) is 0.289. The number of benzene rings is 1. The zero-order valence-electron chi connectivity index (χ0n) is 20.7. The Labute approximate surface area is 206 Å². The van der Waals surface area contributed by atoms with Crippen LogP contribution in [0.2, 0.25) is 0 Å². The third-order valence-electron chi connectivity index (χ3n) is 7.37. The third-order valence-corrected chi connectivity index (χ3v) is 7.37. The van der Waals surface area contributed by atoms with Gasteiger partial charge in [0, 0.05) is 29.7 Å². The molecule has 0 radical (unpaired) electrons. The van der Waals surface area contributed by atoms with Gasteiger partial charge in [0.05, 0.1) is 13.0 Å². The smallest absolute Gasteiger partial charge is 0.310 e. The van der Waals surface area contributed by atoms with Crippen LogP contribution in [0.15, 0.2) is 54.7 Å². The number of carbonyl (C=O) groups is 2. The molecule has 4 rings (SSSR count). The number of ether oxygens (including phenoxy) is 1. The highest BCUT2D eigenvalue weighted by Crippen LogP contribution is 2.38. The van der Waals surface area contributed by atoms with Gasteiger partial charge in [-0.15, -0.1) is 0 Å². The molecule has 3 heterocycles. The zero-order chi connectivity index (χ0) is 25.1. The minimum absolute atomic E-state index is 0.00717. The molecular weight excluding hydrogens is 443 g/mol. The van der Waals surface area contributed by atoms with Crippen molar-refractivity contribution in [3.05, 3.63) is 77.4 Å². The first-order valence-electron chi connectivity index (χ1n) is 12.4. The van der Waals surface area contributed by atoms with Gasteiger partial charge in [-0.05, 0) is 79.0 Å². The van der Waals surface area contributed by atoms with E-state index in [0.717, 1.165) is 53.7 Å². The predicted molar refractivity (Wildman–Crippen MR) is 135 cm³/mol. The van der Waals surface area contributed by atoms with E-state index in [1.165, 1.54) is 12.1 Å². The van der Waals surface area contributed by atoms with Gasteiger partial charge in [-0.1, -0.05) is 32.6 Å². The van der Waals surface area contributed by atoms with Crippen molar-refractivity contribution >= 4 is 22.8 Å². The van der Waals surface area contributed by atoms with E-state index in [2.05, 4.69) is 23.1 Å². The predicted octanol–water partition coefficient (Wildman–Crippen LogP) is 5.80. The van der Waals surface area contributed by atoms with E-state index in [4.69, 9.17) is 4.74 Å². The van der Waals surface area contributed by atoms with Gasteiger partial charge < -0.3 is 9.30 Å². The summed E-state index contributed by atoms with van der Waals surface area (Å²) in [5.74, 6) is -0.638. The number of hydrogen-bond donors (Lipinski definition) is 0. The summed E-state index contributed by atoms with van der Waals surface area (Å²) in [4.78, 5) is 30.3. The lowest BCUT2D eigenvalue weighted by Gasteiger charge is -2.33. The molecule has 184 valence electrons. The maximum atomic E-state index is 13.4. The number of aromatic nitrogens is 2. The summed E-state index contributed by atoms with van der Waals surface area (Å²) < 4.78 is 20.8. The first kappa shape index (κ1) is 24.8. The molecule has 0 fully saturated rings. The Bertz CT molecular complexity index is 1240. The van der Waals surface area contributed by atoms with E-state index < -0.39 is 0 Å². The summed E-state index contributed by atoms with van der Waals surface area (Å²) in [6.07, 6.45) is 4.53. The van der Waals surface area contributed by atoms with Crippen molar-refractivity contribution < 1.29 is 18.7 Å². The van der Waals surface area contributed by atoms with E-state index in [1.807, 2.05) is 26.0 Å². The maximum absolute atomic E-state index is 13.4. The molecule has 0 spiro atoms. The van der Waals surface area contributed by atoms with Crippen LogP contribution in [0.5, 0.6) is 0 Å². The van der Waals surface area contributed by atoms with E-state index in [0.29, 0.717) is 12.2 Å². The molecule has 1 aromatic carbocycles. The standard InChI is InChI=1S/C29H33FN2O3/c1-5-23(19(4)28(34)18(3)20-9-12-22(30)13-10-20)21-11-14-26-25(16-27(33)35-6-2)24-8-7-15-31-29(24)32(26)17-21/h7-10,12-13,15,18,21,23H,4-6,11,14,16-17H2,1-3H3/t18-,21-,23?/m1/s1. The molecular formula is C29H33FN2O3. The lowest BCUT2D eigenvalue weighted by Crippen LogP contribution is -2.30. The lowest BCUT2D eigenvalue weighted by molar-refractivity contribution is -0.142. The summed E-state index contributed by atoms with van der Waals surface area (Å²) in [7, 11) is 0. The molecule has 35 heavy (non-hydrogen) atoms. The van der Waals surface area contributed by atoms with Crippen LogP contribution in [-0.2, 0) is 33.7 Å². The number of hydrogen-bond acceptors (Lipinski definition) is 4. The van der Waals surface area contributed by atoms with Gasteiger partial charge in [0.2, 0.25) is 0 Å². The highest BCUT2D eigenvalue weighted by atomic mass is 19.1. The molecule has 0 bridgehead atoms. The van der Waals surface area contributed by atoms with Gasteiger partial charge in [0.15, 0.2) is 5.78 Å². The van der Waals surface area contributed by atoms with Crippen molar-refractivity contribution in [2.75, 3.05) is 6.61 Å². The van der Waals surface area contributed by atoms with E-state index >= 15 is 0 Å². The minimum atomic E-state index is -0.374. The molecule has 5 nitrogen and oxygen atoms in total. The average Bonchev–Trinajstić information content (AvgIpc) is 3.17. The Morgan fingerprint density at radius 1 is 1.23 bits per heavy atom. The number of esters is 1. The fraction of sp³-hybridized carbons (Fsp3) is 0.414. The molecule has 6 heteroatoms. The fourth-order valence-electron chi connectivity index (χ4n) is 5.53. The summed E-state index contributed by atoms with van der Waals surface area (Å²) >= 11 is 0. The second kappa shape index (κ2) is 10.5. The summed E-state index contributed by atoms with van der Waals surface area (Å²) in [5.41, 5.74) is 4.43. The third kappa shape index (κ3) is 4.93. The van der Waals surface area contributed by atoms with Crippen molar-refractivity contribution in [1.82, 2.24) is 9.55 Å². The largest absolute Gasteiger partial charge is 0.466 e. The SMILES string of the molecule is C=C(C(=O)[C@H](C)c1ccc(F)cc1)C(CC)[C@@H]1CCc2c(CC(=O)OCC)c3cccnc3n2C1. The Kier molecular flexibility index (Phi) is 7.48. The van der Waals surface area contributed by atoms with Crippen molar-refractivity contribution in [3.63, 3.8) is 0 Å². The number of rotatable bonds is 9. The summed E-state index contributed by atoms with van der Waals surface area (Å²) in [6.45, 7) is 11.1. The molecule has 0 N–H and O–H groups in total. The molecule has 3 aromatic rings.